The maximum Gasteiger partial charge on any atom is 0.252 e. The van der Waals surface area contributed by atoms with E-state index in [1.54, 1.807) is 17.2 Å². The van der Waals surface area contributed by atoms with Gasteiger partial charge in [0.1, 0.15) is 11.5 Å². The molecule has 2 heterocycles. The van der Waals surface area contributed by atoms with Gasteiger partial charge in [0.2, 0.25) is 6.41 Å². The zero-order valence-corrected chi connectivity index (χ0v) is 16.2. The van der Waals surface area contributed by atoms with Gasteiger partial charge < -0.3 is 10.2 Å². The molecule has 2 aromatic rings. The molecule has 0 saturated carbocycles. The molecule has 0 unspecified atom stereocenters. The number of likely N-dealkylation sites (N-methyl/N-ethyl adjacent to an activating group) is 1. The van der Waals surface area contributed by atoms with Gasteiger partial charge in [0.15, 0.2) is 0 Å². The van der Waals surface area contributed by atoms with Gasteiger partial charge in [-0.3, -0.25) is 18.9 Å². The maximum absolute atomic E-state index is 12.4. The van der Waals surface area contributed by atoms with Gasteiger partial charge in [-0.05, 0) is 39.1 Å². The van der Waals surface area contributed by atoms with Crippen LogP contribution >= 0.6 is 0 Å². The van der Waals surface area contributed by atoms with E-state index in [1.165, 1.54) is 0 Å². The number of hydrogen-bond acceptors (Lipinski definition) is 4. The first-order chi connectivity index (χ1) is 12.5. The Morgan fingerprint density at radius 3 is 2.65 bits per heavy atom. The van der Waals surface area contributed by atoms with Crippen LogP contribution in [0.2, 0.25) is 0 Å². The zero-order valence-electron chi connectivity index (χ0n) is 16.2. The third-order valence-corrected chi connectivity index (χ3v) is 4.26. The highest BCUT2D eigenvalue weighted by Crippen LogP contribution is 2.23. The molecule has 2 amide bonds. The van der Waals surface area contributed by atoms with Crippen molar-refractivity contribution in [2.45, 2.75) is 33.1 Å². The number of carbonyl (C=O) groups excluding carboxylic acids is 2. The molecule has 142 valence electrons. The second kappa shape index (κ2) is 9.33. The van der Waals surface area contributed by atoms with E-state index in [4.69, 9.17) is 0 Å². The van der Waals surface area contributed by atoms with Crippen molar-refractivity contribution < 1.29 is 9.59 Å². The molecule has 0 saturated heterocycles. The summed E-state index contributed by atoms with van der Waals surface area (Å²) in [6, 6.07) is 3.60. The number of unbranched alkanes of at least 4 members (excludes halogenated alkanes) is 1. The van der Waals surface area contributed by atoms with Crippen LogP contribution < -0.4 is 10.2 Å². The summed E-state index contributed by atoms with van der Waals surface area (Å²) in [6.45, 7) is 6.11. The van der Waals surface area contributed by atoms with Gasteiger partial charge in [0.25, 0.3) is 5.91 Å². The lowest BCUT2D eigenvalue weighted by Gasteiger charge is -2.18. The van der Waals surface area contributed by atoms with E-state index in [-0.39, 0.29) is 5.91 Å². The van der Waals surface area contributed by atoms with Crippen LogP contribution in [0.5, 0.6) is 0 Å². The van der Waals surface area contributed by atoms with E-state index in [1.807, 2.05) is 36.4 Å². The first-order valence-electron chi connectivity index (χ1n) is 9.17. The Kier molecular flexibility index (Phi) is 7.15. The van der Waals surface area contributed by atoms with Crippen LogP contribution in [0.3, 0.4) is 0 Å². The van der Waals surface area contributed by atoms with Crippen LogP contribution in [0.1, 0.15) is 42.7 Å². The number of carbonyl (C=O) groups is 2. The van der Waals surface area contributed by atoms with Crippen molar-refractivity contribution in [1.29, 1.82) is 0 Å². The summed E-state index contributed by atoms with van der Waals surface area (Å²) in [4.78, 5) is 32.4. The molecule has 0 fully saturated rings. The monoisotopic (exact) mass is 359 g/mol. The Labute approximate surface area is 155 Å². The summed E-state index contributed by atoms with van der Waals surface area (Å²) in [6.07, 6.45) is 5.26. The van der Waals surface area contributed by atoms with E-state index in [0.717, 1.165) is 49.4 Å². The molecular weight excluding hydrogens is 330 g/mol. The smallest absolute Gasteiger partial charge is 0.252 e. The second-order valence-corrected chi connectivity index (χ2v) is 6.59. The van der Waals surface area contributed by atoms with Gasteiger partial charge in [-0.25, -0.2) is 4.98 Å². The highest BCUT2D eigenvalue weighted by Gasteiger charge is 2.18. The van der Waals surface area contributed by atoms with E-state index in [0.29, 0.717) is 18.7 Å². The first-order valence-corrected chi connectivity index (χ1v) is 9.17. The predicted octanol–water partition coefficient (Wildman–Crippen LogP) is 1.95. The second-order valence-electron chi connectivity index (χ2n) is 6.59. The van der Waals surface area contributed by atoms with Crippen molar-refractivity contribution in [3.05, 3.63) is 29.6 Å². The van der Waals surface area contributed by atoms with Crippen molar-refractivity contribution in [2.24, 2.45) is 0 Å². The molecule has 26 heavy (non-hydrogen) atoms. The average molecular weight is 359 g/mol. The lowest BCUT2D eigenvalue weighted by atomic mass is 10.2. The quantitative estimate of drug-likeness (QED) is 0.658. The summed E-state index contributed by atoms with van der Waals surface area (Å²) >= 11 is 0. The van der Waals surface area contributed by atoms with Crippen LogP contribution in [-0.2, 0) is 11.2 Å². The molecule has 1 N–H and O–H groups in total. The van der Waals surface area contributed by atoms with E-state index < -0.39 is 0 Å². The largest absolute Gasteiger partial charge is 0.351 e. The van der Waals surface area contributed by atoms with Gasteiger partial charge in [-0.15, -0.1) is 0 Å². The Morgan fingerprint density at radius 1 is 1.27 bits per heavy atom. The number of pyridine rings is 1. The fourth-order valence-corrected chi connectivity index (χ4v) is 2.79. The van der Waals surface area contributed by atoms with E-state index in [9.17, 15) is 9.59 Å². The van der Waals surface area contributed by atoms with Crippen LogP contribution in [0.4, 0.5) is 5.82 Å². The fourth-order valence-electron chi connectivity index (χ4n) is 2.79. The third-order valence-electron chi connectivity index (χ3n) is 4.26. The number of imidazole rings is 1. The topological polar surface area (TPSA) is 70.0 Å². The van der Waals surface area contributed by atoms with Crippen LogP contribution in [0.15, 0.2) is 18.3 Å². The number of amides is 2. The highest BCUT2D eigenvalue weighted by atomic mass is 16.1. The highest BCUT2D eigenvalue weighted by molar-refractivity contribution is 5.94. The molecule has 0 aliphatic rings. The van der Waals surface area contributed by atoms with Gasteiger partial charge in [-0.1, -0.05) is 20.3 Å². The summed E-state index contributed by atoms with van der Waals surface area (Å²) in [5.41, 5.74) is 2.15. The molecule has 7 heteroatoms. The van der Waals surface area contributed by atoms with E-state index in [2.05, 4.69) is 17.2 Å². The number of nitrogens with one attached hydrogen (secondary N) is 1. The first kappa shape index (κ1) is 19.9. The summed E-state index contributed by atoms with van der Waals surface area (Å²) in [5, 5.41) is 2.92. The van der Waals surface area contributed by atoms with Crippen molar-refractivity contribution in [2.75, 3.05) is 38.6 Å². The summed E-state index contributed by atoms with van der Waals surface area (Å²) in [5.74, 6) is 0.631. The molecule has 0 aliphatic heterocycles. The lowest BCUT2D eigenvalue weighted by Crippen LogP contribution is -2.31. The van der Waals surface area contributed by atoms with E-state index >= 15 is 0 Å². The molecule has 7 nitrogen and oxygen atoms in total. The minimum Gasteiger partial charge on any atom is -0.351 e. The van der Waals surface area contributed by atoms with Crippen molar-refractivity contribution in [3.8, 4) is 0 Å². The Balaban J connectivity index is 2.35. The Bertz CT molecular complexity index is 754. The summed E-state index contributed by atoms with van der Waals surface area (Å²) < 4.78 is 1.85. The van der Waals surface area contributed by atoms with Gasteiger partial charge in [-0.2, -0.15) is 0 Å². The molecule has 0 aliphatic carbocycles. The fraction of sp³-hybridized carbons (Fsp3) is 0.526. The Morgan fingerprint density at radius 2 is 2.04 bits per heavy atom. The molecule has 0 aromatic carbocycles. The standard InChI is InChI=1S/C19H29N5O2/c1-5-7-11-23(14-25)19-16(6-2)21-17-9-8-15(13-24(17)19)18(26)20-10-12-22(3)4/h8-9,13-14H,5-7,10-12H2,1-4H3,(H,20,26). The Hall–Kier alpha value is -2.41. The van der Waals surface area contributed by atoms with Gasteiger partial charge >= 0.3 is 0 Å². The number of rotatable bonds is 10. The maximum atomic E-state index is 12.4. The zero-order chi connectivity index (χ0) is 19.1. The van der Waals surface area contributed by atoms with Crippen molar-refractivity contribution in [3.63, 3.8) is 0 Å². The molecule has 0 spiro atoms. The predicted molar refractivity (Wildman–Crippen MR) is 104 cm³/mol. The third kappa shape index (κ3) is 4.60. The number of nitrogens with zero attached hydrogens (tertiary/aromatic N) is 4. The molecule has 0 bridgehead atoms. The molecule has 0 atom stereocenters. The number of hydrogen-bond donors (Lipinski definition) is 1. The van der Waals surface area contributed by atoms with Gasteiger partial charge in [0.05, 0.1) is 11.3 Å². The van der Waals surface area contributed by atoms with Crippen LogP contribution in [-0.4, -0.2) is 60.3 Å². The number of anilines is 1. The minimum absolute atomic E-state index is 0.127. The molecule has 2 rings (SSSR count). The molecule has 2 aromatic heterocycles. The number of fused-ring (bicyclic) bond motifs is 1. The molecular formula is C19H29N5O2. The summed E-state index contributed by atoms with van der Waals surface area (Å²) in [7, 11) is 3.93. The van der Waals surface area contributed by atoms with Crippen LogP contribution in [0, 0.1) is 0 Å². The van der Waals surface area contributed by atoms with Gasteiger partial charge in [0, 0.05) is 25.8 Å². The van der Waals surface area contributed by atoms with Crippen LogP contribution in [0.25, 0.3) is 5.65 Å². The average Bonchev–Trinajstić information content (AvgIpc) is 3.00. The number of aromatic nitrogens is 2. The van der Waals surface area contributed by atoms with Crippen molar-refractivity contribution in [1.82, 2.24) is 19.6 Å². The SMILES string of the molecule is CCCCN(C=O)c1c(CC)nc2ccc(C(=O)NCCN(C)C)cn12. The van der Waals surface area contributed by atoms with Crippen molar-refractivity contribution >= 4 is 23.8 Å². The number of aryl methyl sites for hydroxylation is 1. The lowest BCUT2D eigenvalue weighted by molar-refractivity contribution is -0.107. The molecule has 0 radical (unpaired) electrons. The minimum atomic E-state index is -0.127. The normalized spacial score (nSPS) is 11.1.